The van der Waals surface area contributed by atoms with E-state index >= 15 is 0 Å². The van der Waals surface area contributed by atoms with Crippen LogP contribution in [0.4, 0.5) is 0 Å². The van der Waals surface area contributed by atoms with Crippen molar-refractivity contribution in [1.82, 2.24) is 4.90 Å². The number of carbonyl (C=O) groups is 3. The van der Waals surface area contributed by atoms with Crippen LogP contribution in [0.5, 0.6) is 11.5 Å². The SMILES string of the molecule is COc1ccc(C(=O)O)c(OCCCCN2C(=O)c3ccccc3C2=O)c1C. The van der Waals surface area contributed by atoms with Crippen LogP contribution in [0.2, 0.25) is 0 Å². The number of ether oxygens (including phenoxy) is 2. The van der Waals surface area contributed by atoms with E-state index in [1.807, 2.05) is 0 Å². The summed E-state index contributed by atoms with van der Waals surface area (Å²) in [6.07, 6.45) is 1.11. The molecule has 0 saturated heterocycles. The van der Waals surface area contributed by atoms with Gasteiger partial charge in [0, 0.05) is 12.1 Å². The third-order valence-electron chi connectivity index (χ3n) is 4.71. The second-order valence-corrected chi connectivity index (χ2v) is 6.44. The van der Waals surface area contributed by atoms with Gasteiger partial charge in [0.2, 0.25) is 0 Å². The minimum Gasteiger partial charge on any atom is -0.496 e. The van der Waals surface area contributed by atoms with Gasteiger partial charge in [-0.25, -0.2) is 4.79 Å². The Labute approximate surface area is 162 Å². The van der Waals surface area contributed by atoms with E-state index in [0.717, 1.165) is 0 Å². The van der Waals surface area contributed by atoms with Gasteiger partial charge in [0.15, 0.2) is 0 Å². The highest BCUT2D eigenvalue weighted by Crippen LogP contribution is 2.31. The van der Waals surface area contributed by atoms with Gasteiger partial charge < -0.3 is 14.6 Å². The molecule has 0 atom stereocenters. The highest BCUT2D eigenvalue weighted by Gasteiger charge is 2.34. The molecular formula is C21H21NO6. The number of carboxylic acids is 1. The molecule has 0 aromatic heterocycles. The van der Waals surface area contributed by atoms with Crippen LogP contribution in [0.1, 0.15) is 49.5 Å². The Hall–Kier alpha value is -3.35. The summed E-state index contributed by atoms with van der Waals surface area (Å²) in [6, 6.07) is 9.81. The van der Waals surface area contributed by atoms with Crippen molar-refractivity contribution in [3.63, 3.8) is 0 Å². The number of imide groups is 1. The van der Waals surface area contributed by atoms with Crippen molar-refractivity contribution in [2.24, 2.45) is 0 Å². The monoisotopic (exact) mass is 383 g/mol. The van der Waals surface area contributed by atoms with Crippen molar-refractivity contribution >= 4 is 17.8 Å². The first-order valence-electron chi connectivity index (χ1n) is 8.94. The maximum Gasteiger partial charge on any atom is 0.339 e. The maximum atomic E-state index is 12.3. The van der Waals surface area contributed by atoms with Gasteiger partial charge >= 0.3 is 5.97 Å². The second-order valence-electron chi connectivity index (χ2n) is 6.44. The lowest BCUT2D eigenvalue weighted by Gasteiger charge is -2.16. The third kappa shape index (κ3) is 3.55. The summed E-state index contributed by atoms with van der Waals surface area (Å²) in [7, 11) is 1.51. The lowest BCUT2D eigenvalue weighted by atomic mass is 10.1. The number of amides is 2. The van der Waals surface area contributed by atoms with Crippen LogP contribution in [-0.4, -0.2) is 48.1 Å². The lowest BCUT2D eigenvalue weighted by Crippen LogP contribution is -2.30. The van der Waals surface area contributed by atoms with Gasteiger partial charge in [-0.1, -0.05) is 12.1 Å². The predicted octanol–water partition coefficient (Wildman–Crippen LogP) is 3.16. The fraction of sp³-hybridized carbons (Fsp3) is 0.286. The number of fused-ring (bicyclic) bond motifs is 1. The summed E-state index contributed by atoms with van der Waals surface area (Å²) in [6.45, 7) is 2.29. The lowest BCUT2D eigenvalue weighted by molar-refractivity contribution is 0.0643. The number of unbranched alkanes of at least 4 members (excludes halogenated alkanes) is 1. The molecule has 0 radical (unpaired) electrons. The molecule has 0 fully saturated rings. The van der Waals surface area contributed by atoms with Crippen LogP contribution in [0.15, 0.2) is 36.4 Å². The van der Waals surface area contributed by atoms with Crippen molar-refractivity contribution in [3.05, 3.63) is 58.7 Å². The van der Waals surface area contributed by atoms with E-state index in [-0.39, 0.29) is 29.7 Å². The summed E-state index contributed by atoms with van der Waals surface area (Å²) in [5, 5.41) is 9.34. The standard InChI is InChI=1S/C21H21NO6/c1-13-17(27-2)10-9-16(21(25)26)18(13)28-12-6-5-11-22-19(23)14-7-3-4-8-15(14)20(22)24/h3-4,7-10H,5-6,11-12H2,1-2H3,(H,25,26). The van der Waals surface area contributed by atoms with Crippen LogP contribution >= 0.6 is 0 Å². The first kappa shape index (κ1) is 19.4. The summed E-state index contributed by atoms with van der Waals surface area (Å²) >= 11 is 0. The molecule has 2 aromatic rings. The molecule has 0 aliphatic carbocycles. The van der Waals surface area contributed by atoms with Crippen molar-refractivity contribution in [3.8, 4) is 11.5 Å². The van der Waals surface area contributed by atoms with E-state index in [1.165, 1.54) is 18.1 Å². The Morgan fingerprint density at radius 3 is 2.25 bits per heavy atom. The Morgan fingerprint density at radius 2 is 1.68 bits per heavy atom. The van der Waals surface area contributed by atoms with Gasteiger partial charge in [0.1, 0.15) is 17.1 Å². The Bertz CT molecular complexity index is 901. The van der Waals surface area contributed by atoms with E-state index in [9.17, 15) is 19.5 Å². The molecule has 28 heavy (non-hydrogen) atoms. The van der Waals surface area contributed by atoms with Crippen LogP contribution in [0, 0.1) is 6.92 Å². The minimum atomic E-state index is -1.08. The summed E-state index contributed by atoms with van der Waals surface area (Å²) in [4.78, 5) is 37.3. The number of hydrogen-bond acceptors (Lipinski definition) is 5. The largest absolute Gasteiger partial charge is 0.496 e. The average Bonchev–Trinajstić information content (AvgIpc) is 2.93. The number of rotatable bonds is 8. The van der Waals surface area contributed by atoms with Crippen LogP contribution in [0.3, 0.4) is 0 Å². The topological polar surface area (TPSA) is 93.1 Å². The molecule has 7 heteroatoms. The first-order chi connectivity index (χ1) is 13.5. The number of methoxy groups -OCH3 is 1. The summed E-state index contributed by atoms with van der Waals surface area (Å²) in [5.41, 5.74) is 1.55. The van der Waals surface area contributed by atoms with Crippen molar-refractivity contribution < 1.29 is 29.0 Å². The van der Waals surface area contributed by atoms with E-state index in [1.54, 1.807) is 37.3 Å². The Kier molecular flexibility index (Phi) is 5.63. The molecule has 0 spiro atoms. The van der Waals surface area contributed by atoms with Crippen LogP contribution < -0.4 is 9.47 Å². The maximum absolute atomic E-state index is 12.3. The van der Waals surface area contributed by atoms with Gasteiger partial charge in [0.05, 0.1) is 24.8 Å². The Balaban J connectivity index is 1.57. The van der Waals surface area contributed by atoms with Crippen molar-refractivity contribution in [2.45, 2.75) is 19.8 Å². The van der Waals surface area contributed by atoms with Gasteiger partial charge in [-0.2, -0.15) is 0 Å². The van der Waals surface area contributed by atoms with E-state index in [2.05, 4.69) is 0 Å². The highest BCUT2D eigenvalue weighted by atomic mass is 16.5. The van der Waals surface area contributed by atoms with Gasteiger partial charge in [-0.05, 0) is 44.0 Å². The molecule has 7 nitrogen and oxygen atoms in total. The molecule has 1 aliphatic heterocycles. The molecule has 0 unspecified atom stereocenters. The zero-order chi connectivity index (χ0) is 20.3. The number of benzene rings is 2. The Morgan fingerprint density at radius 1 is 1.04 bits per heavy atom. The zero-order valence-corrected chi connectivity index (χ0v) is 15.7. The predicted molar refractivity (Wildman–Crippen MR) is 101 cm³/mol. The fourth-order valence-corrected chi connectivity index (χ4v) is 3.24. The molecule has 1 aliphatic rings. The third-order valence-corrected chi connectivity index (χ3v) is 4.71. The minimum absolute atomic E-state index is 0.0682. The molecule has 146 valence electrons. The molecule has 0 bridgehead atoms. The number of carbonyl (C=O) groups excluding carboxylic acids is 2. The van der Waals surface area contributed by atoms with Crippen LogP contribution in [-0.2, 0) is 0 Å². The smallest absolute Gasteiger partial charge is 0.339 e. The molecule has 2 amide bonds. The number of carboxylic acid groups (broad SMARTS) is 1. The van der Waals surface area contributed by atoms with E-state index in [4.69, 9.17) is 9.47 Å². The molecule has 1 heterocycles. The quantitative estimate of drug-likeness (QED) is 0.556. The van der Waals surface area contributed by atoms with Crippen LogP contribution in [0.25, 0.3) is 0 Å². The fourth-order valence-electron chi connectivity index (χ4n) is 3.24. The molecular weight excluding hydrogens is 362 g/mol. The van der Waals surface area contributed by atoms with Gasteiger partial charge in [-0.3, -0.25) is 14.5 Å². The molecule has 2 aromatic carbocycles. The average molecular weight is 383 g/mol. The first-order valence-corrected chi connectivity index (χ1v) is 8.94. The van der Waals surface area contributed by atoms with E-state index in [0.29, 0.717) is 41.8 Å². The summed E-state index contributed by atoms with van der Waals surface area (Å²) in [5.74, 6) is -0.818. The van der Waals surface area contributed by atoms with Crippen molar-refractivity contribution in [1.29, 1.82) is 0 Å². The van der Waals surface area contributed by atoms with Crippen molar-refractivity contribution in [2.75, 3.05) is 20.3 Å². The molecule has 0 saturated carbocycles. The highest BCUT2D eigenvalue weighted by molar-refractivity contribution is 6.21. The zero-order valence-electron chi connectivity index (χ0n) is 15.7. The number of hydrogen-bond donors (Lipinski definition) is 1. The number of nitrogens with zero attached hydrogens (tertiary/aromatic N) is 1. The number of aromatic carboxylic acids is 1. The van der Waals surface area contributed by atoms with E-state index < -0.39 is 5.97 Å². The van der Waals surface area contributed by atoms with Gasteiger partial charge in [0.25, 0.3) is 11.8 Å². The molecule has 1 N–H and O–H groups in total. The normalized spacial score (nSPS) is 12.9. The molecule has 3 rings (SSSR count). The van der Waals surface area contributed by atoms with Gasteiger partial charge in [-0.15, -0.1) is 0 Å². The second kappa shape index (κ2) is 8.12. The summed E-state index contributed by atoms with van der Waals surface area (Å²) < 4.78 is 10.9.